The third-order valence-corrected chi connectivity index (χ3v) is 3.42. The van der Waals surface area contributed by atoms with E-state index < -0.39 is 6.10 Å². The van der Waals surface area contributed by atoms with Crippen LogP contribution in [0.3, 0.4) is 0 Å². The molecule has 90 valence electrons. The number of aliphatic hydroxyl groups excluding tert-OH is 1. The van der Waals surface area contributed by atoms with Crippen LogP contribution in [0.4, 0.5) is 0 Å². The summed E-state index contributed by atoms with van der Waals surface area (Å²) in [6.07, 6.45) is 5.22. The molecular weight excluding hydrogens is 204 g/mol. The van der Waals surface area contributed by atoms with Gasteiger partial charge in [0.05, 0.1) is 6.10 Å². The van der Waals surface area contributed by atoms with Crippen LogP contribution in [0.1, 0.15) is 38.6 Å². The molecule has 3 unspecified atom stereocenters. The number of rotatable bonds is 4. The highest BCUT2D eigenvalue weighted by molar-refractivity contribution is 5.00. The van der Waals surface area contributed by atoms with Gasteiger partial charge in [0, 0.05) is 31.5 Å². The summed E-state index contributed by atoms with van der Waals surface area (Å²) in [5, 5.41) is 10.4. The summed E-state index contributed by atoms with van der Waals surface area (Å²) in [5.74, 6) is 0.967. The first-order chi connectivity index (χ1) is 7.77. The van der Waals surface area contributed by atoms with Crippen molar-refractivity contribution in [3.05, 3.63) is 18.2 Å². The highest BCUT2D eigenvalue weighted by Crippen LogP contribution is 2.33. The minimum atomic E-state index is -0.498. The minimum absolute atomic E-state index is 0.178. The van der Waals surface area contributed by atoms with Gasteiger partial charge in [0.2, 0.25) is 0 Å². The lowest BCUT2D eigenvalue weighted by molar-refractivity contribution is 0.0254. The maximum atomic E-state index is 10.4. The summed E-state index contributed by atoms with van der Waals surface area (Å²) >= 11 is 0. The molecule has 4 heteroatoms. The van der Waals surface area contributed by atoms with Crippen molar-refractivity contribution in [2.45, 2.75) is 45.4 Å². The maximum absolute atomic E-state index is 10.4. The van der Waals surface area contributed by atoms with Crippen molar-refractivity contribution in [3.8, 4) is 0 Å². The smallest absolute Gasteiger partial charge is 0.138 e. The fraction of sp³-hybridized carbons (Fsp3) is 0.750. The zero-order valence-electron chi connectivity index (χ0n) is 9.97. The van der Waals surface area contributed by atoms with Gasteiger partial charge in [-0.15, -0.1) is 0 Å². The van der Waals surface area contributed by atoms with Gasteiger partial charge >= 0.3 is 0 Å². The van der Waals surface area contributed by atoms with Crippen LogP contribution in [-0.4, -0.2) is 27.4 Å². The predicted octanol–water partition coefficient (Wildman–Crippen LogP) is 1.75. The third kappa shape index (κ3) is 1.99. The summed E-state index contributed by atoms with van der Waals surface area (Å²) in [6, 6.07) is 0. The second-order valence-corrected chi connectivity index (χ2v) is 4.29. The average Bonchev–Trinajstić information content (AvgIpc) is 2.96. The second kappa shape index (κ2) is 4.97. The van der Waals surface area contributed by atoms with E-state index in [0.29, 0.717) is 0 Å². The molecular formula is C12H20N2O2. The first kappa shape index (κ1) is 11.6. The molecule has 1 aliphatic heterocycles. The van der Waals surface area contributed by atoms with E-state index in [1.165, 1.54) is 0 Å². The highest BCUT2D eigenvalue weighted by Gasteiger charge is 2.35. The Bertz CT molecular complexity index is 338. The fourth-order valence-corrected chi connectivity index (χ4v) is 2.49. The lowest BCUT2D eigenvalue weighted by atomic mass is 9.93. The van der Waals surface area contributed by atoms with Gasteiger partial charge in [-0.05, 0) is 19.8 Å². The van der Waals surface area contributed by atoms with Crippen LogP contribution < -0.4 is 0 Å². The molecule has 4 nitrogen and oxygen atoms in total. The molecule has 0 aromatic carbocycles. The van der Waals surface area contributed by atoms with E-state index in [1.54, 1.807) is 6.20 Å². The third-order valence-electron chi connectivity index (χ3n) is 3.42. The van der Waals surface area contributed by atoms with Crippen LogP contribution in [0.25, 0.3) is 0 Å². The van der Waals surface area contributed by atoms with E-state index in [4.69, 9.17) is 4.74 Å². The summed E-state index contributed by atoms with van der Waals surface area (Å²) in [5.41, 5.74) is 0. The number of hydrogen-bond donors (Lipinski definition) is 1. The van der Waals surface area contributed by atoms with Crippen LogP contribution in [-0.2, 0) is 11.3 Å². The van der Waals surface area contributed by atoms with Crippen molar-refractivity contribution in [1.82, 2.24) is 9.55 Å². The number of aromatic nitrogens is 2. The molecule has 3 atom stereocenters. The van der Waals surface area contributed by atoms with Crippen molar-refractivity contribution < 1.29 is 9.84 Å². The molecule has 1 N–H and O–H groups in total. The van der Waals surface area contributed by atoms with Crippen molar-refractivity contribution in [3.63, 3.8) is 0 Å². The largest absolute Gasteiger partial charge is 0.385 e. The van der Waals surface area contributed by atoms with Gasteiger partial charge in [-0.2, -0.15) is 0 Å². The first-order valence-electron chi connectivity index (χ1n) is 6.08. The Morgan fingerprint density at radius 1 is 1.62 bits per heavy atom. The molecule has 0 radical (unpaired) electrons. The molecule has 1 aliphatic rings. The maximum Gasteiger partial charge on any atom is 0.138 e. The summed E-state index contributed by atoms with van der Waals surface area (Å²) in [7, 11) is 0. The molecule has 0 saturated carbocycles. The number of ether oxygens (including phenoxy) is 1. The Balaban J connectivity index is 2.15. The minimum Gasteiger partial charge on any atom is -0.385 e. The van der Waals surface area contributed by atoms with E-state index in [0.717, 1.165) is 31.8 Å². The quantitative estimate of drug-likeness (QED) is 0.847. The Kier molecular flexibility index (Phi) is 3.61. The standard InChI is InChI=1S/C12H20N2O2/c1-3-10-9(5-8-16-10)11(15)12-13-6-7-14(12)4-2/h6-7,9-11,15H,3-5,8H2,1-2H3. The molecule has 0 bridgehead atoms. The van der Waals surface area contributed by atoms with Gasteiger partial charge < -0.3 is 14.4 Å². The second-order valence-electron chi connectivity index (χ2n) is 4.29. The van der Waals surface area contributed by atoms with Gasteiger partial charge in [-0.1, -0.05) is 6.92 Å². The summed E-state index contributed by atoms with van der Waals surface area (Å²) < 4.78 is 7.61. The molecule has 1 fully saturated rings. The van der Waals surface area contributed by atoms with E-state index in [1.807, 2.05) is 10.8 Å². The molecule has 2 heterocycles. The zero-order chi connectivity index (χ0) is 11.5. The monoisotopic (exact) mass is 224 g/mol. The lowest BCUT2D eigenvalue weighted by Crippen LogP contribution is -2.24. The predicted molar refractivity (Wildman–Crippen MR) is 61.0 cm³/mol. The van der Waals surface area contributed by atoms with Crippen molar-refractivity contribution in [2.24, 2.45) is 5.92 Å². The molecule has 1 aromatic rings. The Hall–Kier alpha value is -0.870. The molecule has 16 heavy (non-hydrogen) atoms. The number of aryl methyl sites for hydroxylation is 1. The number of imidazole rings is 1. The molecule has 0 amide bonds. The van der Waals surface area contributed by atoms with Gasteiger partial charge in [0.25, 0.3) is 0 Å². The zero-order valence-corrected chi connectivity index (χ0v) is 9.97. The van der Waals surface area contributed by atoms with Gasteiger partial charge in [-0.3, -0.25) is 0 Å². The van der Waals surface area contributed by atoms with Crippen LogP contribution in [0.5, 0.6) is 0 Å². The van der Waals surface area contributed by atoms with Gasteiger partial charge in [0.15, 0.2) is 0 Å². The van der Waals surface area contributed by atoms with E-state index in [-0.39, 0.29) is 12.0 Å². The molecule has 0 aliphatic carbocycles. The molecule has 1 saturated heterocycles. The topological polar surface area (TPSA) is 47.3 Å². The normalized spacial score (nSPS) is 27.2. The number of nitrogens with zero attached hydrogens (tertiary/aromatic N) is 2. The molecule has 2 rings (SSSR count). The lowest BCUT2D eigenvalue weighted by Gasteiger charge is -2.22. The number of hydrogen-bond acceptors (Lipinski definition) is 3. The summed E-state index contributed by atoms with van der Waals surface area (Å²) in [6.45, 7) is 5.76. The molecule has 1 aromatic heterocycles. The van der Waals surface area contributed by atoms with Crippen LogP contribution in [0.2, 0.25) is 0 Å². The van der Waals surface area contributed by atoms with Crippen molar-refractivity contribution in [2.75, 3.05) is 6.61 Å². The van der Waals surface area contributed by atoms with Crippen molar-refractivity contribution >= 4 is 0 Å². The first-order valence-corrected chi connectivity index (χ1v) is 6.08. The molecule has 0 spiro atoms. The van der Waals surface area contributed by atoms with E-state index >= 15 is 0 Å². The Morgan fingerprint density at radius 2 is 2.44 bits per heavy atom. The van der Waals surface area contributed by atoms with Crippen LogP contribution in [0, 0.1) is 5.92 Å². The fourth-order valence-electron chi connectivity index (χ4n) is 2.49. The van der Waals surface area contributed by atoms with E-state index in [2.05, 4.69) is 18.8 Å². The Morgan fingerprint density at radius 3 is 3.12 bits per heavy atom. The van der Waals surface area contributed by atoms with Gasteiger partial charge in [-0.25, -0.2) is 4.98 Å². The van der Waals surface area contributed by atoms with E-state index in [9.17, 15) is 5.11 Å². The van der Waals surface area contributed by atoms with Crippen LogP contribution >= 0.6 is 0 Å². The SMILES string of the molecule is CCC1OCCC1C(O)c1nccn1CC. The Labute approximate surface area is 96.3 Å². The van der Waals surface area contributed by atoms with Crippen molar-refractivity contribution in [1.29, 1.82) is 0 Å². The summed E-state index contributed by atoms with van der Waals surface area (Å²) in [4.78, 5) is 4.26. The van der Waals surface area contributed by atoms with Gasteiger partial charge in [0.1, 0.15) is 11.9 Å². The highest BCUT2D eigenvalue weighted by atomic mass is 16.5. The average molecular weight is 224 g/mol. The number of aliphatic hydroxyl groups is 1. The van der Waals surface area contributed by atoms with Crippen LogP contribution in [0.15, 0.2) is 12.4 Å².